The van der Waals surface area contributed by atoms with Crippen LogP contribution in [-0.2, 0) is 16.4 Å². The summed E-state index contributed by atoms with van der Waals surface area (Å²) >= 11 is 1.55. The van der Waals surface area contributed by atoms with Crippen molar-refractivity contribution < 1.29 is 22.7 Å². The van der Waals surface area contributed by atoms with E-state index in [1.807, 2.05) is 35.4 Å². The highest BCUT2D eigenvalue weighted by Gasteiger charge is 2.37. The van der Waals surface area contributed by atoms with Crippen molar-refractivity contribution in [2.75, 3.05) is 18.2 Å². The number of hydrogen-bond acceptors (Lipinski definition) is 7. The van der Waals surface area contributed by atoms with E-state index < -0.39 is 9.84 Å². The molecule has 0 aliphatic carbocycles. The minimum Gasteiger partial charge on any atom is -0.477 e. The van der Waals surface area contributed by atoms with E-state index in [4.69, 9.17) is 9.47 Å². The molecule has 8 heteroatoms. The fraction of sp³-hybridized carbons (Fsp3) is 0.350. The van der Waals surface area contributed by atoms with Crippen LogP contribution in [0.5, 0.6) is 11.5 Å². The van der Waals surface area contributed by atoms with Crippen molar-refractivity contribution in [1.82, 2.24) is 4.90 Å². The third-order valence-electron chi connectivity index (χ3n) is 5.51. The number of thiophene rings is 1. The van der Waals surface area contributed by atoms with Gasteiger partial charge in [0.2, 0.25) is 5.78 Å². The molecule has 28 heavy (non-hydrogen) atoms. The molecule has 0 spiro atoms. The molecule has 1 aromatic heterocycles. The molecule has 0 N–H and O–H groups in total. The lowest BCUT2D eigenvalue weighted by Crippen LogP contribution is -2.41. The highest BCUT2D eigenvalue weighted by molar-refractivity contribution is 7.91. The molecule has 146 valence electrons. The molecule has 0 bridgehead atoms. The van der Waals surface area contributed by atoms with Crippen LogP contribution in [0.1, 0.15) is 32.8 Å². The summed E-state index contributed by atoms with van der Waals surface area (Å²) in [7, 11) is -2.96. The second-order valence-corrected chi connectivity index (χ2v) is 10.6. The molecule has 1 atom stereocenters. The molecule has 5 rings (SSSR count). The molecule has 0 radical (unpaired) electrons. The first-order chi connectivity index (χ1) is 13.4. The van der Waals surface area contributed by atoms with Crippen LogP contribution in [0.25, 0.3) is 6.08 Å². The number of rotatable bonds is 2. The molecule has 3 aliphatic rings. The number of nitrogens with zero attached hydrogens (tertiary/aromatic N) is 1. The van der Waals surface area contributed by atoms with Gasteiger partial charge in [-0.15, -0.1) is 11.3 Å². The van der Waals surface area contributed by atoms with Crippen LogP contribution in [0.15, 0.2) is 29.3 Å². The van der Waals surface area contributed by atoms with Crippen molar-refractivity contribution >= 4 is 33.0 Å². The normalized spacial score (nSPS) is 24.7. The van der Waals surface area contributed by atoms with Crippen molar-refractivity contribution in [2.24, 2.45) is 0 Å². The molecule has 1 aromatic carbocycles. The quantitative estimate of drug-likeness (QED) is 0.700. The number of allylic oxidation sites excluding steroid dienone is 1. The molecular formula is C20H19NO5S2. The van der Waals surface area contributed by atoms with E-state index in [2.05, 4.69) is 0 Å². The Bertz CT molecular complexity index is 1100. The third kappa shape index (κ3) is 2.96. The van der Waals surface area contributed by atoms with Gasteiger partial charge in [-0.05, 0) is 30.9 Å². The Labute approximate surface area is 167 Å². The van der Waals surface area contributed by atoms with Crippen LogP contribution in [0.3, 0.4) is 0 Å². The Balaban J connectivity index is 1.46. The topological polar surface area (TPSA) is 72.9 Å². The molecular weight excluding hydrogens is 398 g/mol. The fourth-order valence-electron chi connectivity index (χ4n) is 4.07. The van der Waals surface area contributed by atoms with E-state index in [1.165, 1.54) is 0 Å². The number of ether oxygens (including phenoxy) is 2. The zero-order chi connectivity index (χ0) is 19.5. The highest BCUT2D eigenvalue weighted by atomic mass is 32.2. The molecule has 1 saturated heterocycles. The summed E-state index contributed by atoms with van der Waals surface area (Å²) in [6.07, 6.45) is 2.39. The number of Topliss-reactive ketones (excluding diaryl/α,β-unsaturated/α-hetero) is 1. The van der Waals surface area contributed by atoms with Crippen LogP contribution in [0, 0.1) is 6.92 Å². The third-order valence-corrected chi connectivity index (χ3v) is 8.08. The Morgan fingerprint density at radius 2 is 2.18 bits per heavy atom. The summed E-state index contributed by atoms with van der Waals surface area (Å²) in [6.45, 7) is 2.81. The zero-order valence-corrected chi connectivity index (χ0v) is 16.9. The first kappa shape index (κ1) is 17.9. The number of ketones is 1. The van der Waals surface area contributed by atoms with E-state index in [0.717, 1.165) is 21.8 Å². The second-order valence-electron chi connectivity index (χ2n) is 7.40. The van der Waals surface area contributed by atoms with E-state index in [0.29, 0.717) is 36.8 Å². The molecule has 6 nitrogen and oxygen atoms in total. The maximum atomic E-state index is 12.9. The van der Waals surface area contributed by atoms with E-state index in [-0.39, 0.29) is 23.3 Å². The van der Waals surface area contributed by atoms with Crippen LogP contribution < -0.4 is 9.47 Å². The monoisotopic (exact) mass is 417 g/mol. The molecule has 1 fully saturated rings. The van der Waals surface area contributed by atoms with Gasteiger partial charge >= 0.3 is 0 Å². The summed E-state index contributed by atoms with van der Waals surface area (Å²) < 4.78 is 35.5. The van der Waals surface area contributed by atoms with E-state index in [1.54, 1.807) is 17.4 Å². The van der Waals surface area contributed by atoms with Crippen molar-refractivity contribution in [3.05, 3.63) is 50.9 Å². The van der Waals surface area contributed by atoms with Gasteiger partial charge in [0, 0.05) is 34.7 Å². The second kappa shape index (κ2) is 6.43. The molecule has 2 aromatic rings. The number of carbonyl (C=O) groups is 1. The number of hydrogen-bond donors (Lipinski definition) is 0. The highest BCUT2D eigenvalue weighted by Crippen LogP contribution is 2.43. The lowest BCUT2D eigenvalue weighted by Gasteiger charge is -2.33. The lowest BCUT2D eigenvalue weighted by atomic mass is 9.99. The predicted octanol–water partition coefficient (Wildman–Crippen LogP) is 3.01. The minimum atomic E-state index is -2.96. The van der Waals surface area contributed by atoms with Crippen LogP contribution in [-0.4, -0.2) is 43.4 Å². The molecule has 0 unspecified atom stereocenters. The van der Waals surface area contributed by atoms with Crippen molar-refractivity contribution in [3.8, 4) is 11.5 Å². The largest absolute Gasteiger partial charge is 0.477 e. The van der Waals surface area contributed by atoms with E-state index >= 15 is 0 Å². The number of fused-ring (bicyclic) bond motifs is 2. The summed E-state index contributed by atoms with van der Waals surface area (Å²) in [5, 5.41) is 1.95. The van der Waals surface area contributed by atoms with Gasteiger partial charge in [0.15, 0.2) is 15.6 Å². The number of carbonyl (C=O) groups excluding carboxylic acids is 1. The van der Waals surface area contributed by atoms with Gasteiger partial charge in [-0.2, -0.15) is 0 Å². The maximum Gasteiger partial charge on any atom is 0.232 e. The predicted molar refractivity (Wildman–Crippen MR) is 107 cm³/mol. The molecule has 4 heterocycles. The number of benzene rings is 1. The lowest BCUT2D eigenvalue weighted by molar-refractivity contribution is 0.0637. The summed E-state index contributed by atoms with van der Waals surface area (Å²) in [6, 6.07) is 5.67. The first-order valence-electron chi connectivity index (χ1n) is 9.13. The summed E-state index contributed by atoms with van der Waals surface area (Å²) in [4.78, 5) is 15.9. The van der Waals surface area contributed by atoms with Gasteiger partial charge in [-0.25, -0.2) is 8.42 Å². The molecule has 3 aliphatic heterocycles. The Kier molecular flexibility index (Phi) is 4.12. The average Bonchev–Trinajstić information content (AvgIpc) is 3.37. The van der Waals surface area contributed by atoms with Gasteiger partial charge in [0.25, 0.3) is 0 Å². The smallest absolute Gasteiger partial charge is 0.232 e. The average molecular weight is 418 g/mol. The Morgan fingerprint density at radius 1 is 1.32 bits per heavy atom. The zero-order valence-electron chi connectivity index (χ0n) is 15.3. The van der Waals surface area contributed by atoms with E-state index in [9.17, 15) is 13.2 Å². The van der Waals surface area contributed by atoms with Gasteiger partial charge < -0.3 is 9.47 Å². The summed E-state index contributed by atoms with van der Waals surface area (Å²) in [5.74, 6) is 1.89. The Morgan fingerprint density at radius 3 is 2.89 bits per heavy atom. The Hall–Kier alpha value is -2.16. The van der Waals surface area contributed by atoms with Crippen LogP contribution in [0.4, 0.5) is 0 Å². The number of sulfone groups is 1. The summed E-state index contributed by atoms with van der Waals surface area (Å²) in [5.41, 5.74) is 2.26. The van der Waals surface area contributed by atoms with Crippen LogP contribution >= 0.6 is 11.3 Å². The van der Waals surface area contributed by atoms with Gasteiger partial charge in [0.05, 0.1) is 17.1 Å². The van der Waals surface area contributed by atoms with Crippen LogP contribution in [0.2, 0.25) is 0 Å². The molecule has 0 saturated carbocycles. The van der Waals surface area contributed by atoms with Crippen molar-refractivity contribution in [1.29, 1.82) is 0 Å². The first-order valence-corrected chi connectivity index (χ1v) is 11.8. The fourth-order valence-corrected chi connectivity index (χ4v) is 6.47. The van der Waals surface area contributed by atoms with Crippen molar-refractivity contribution in [2.45, 2.75) is 25.9 Å². The van der Waals surface area contributed by atoms with Gasteiger partial charge in [-0.3, -0.25) is 9.69 Å². The standard InChI is InChI=1S/C20H19NO5S2/c1-12-19-13(9-21(11-25-19)14-4-6-28(23,24)10-14)7-16-18(22)17(26-20(12)16)8-15-3-2-5-27-15/h2-3,5,7-8,14H,4,6,9-11H2,1H3/b17-8+/t14-/m1/s1. The molecule has 0 amide bonds. The van der Waals surface area contributed by atoms with Crippen molar-refractivity contribution in [3.63, 3.8) is 0 Å². The van der Waals surface area contributed by atoms with Gasteiger partial charge in [0.1, 0.15) is 18.2 Å². The maximum absolute atomic E-state index is 12.9. The SMILES string of the molecule is Cc1c2c(cc3c1O/C(=C/c1cccs1)C3=O)CN([C@@H]1CCS(=O)(=O)C1)CO2. The minimum absolute atomic E-state index is 0.0343. The van der Waals surface area contributed by atoms with Gasteiger partial charge in [-0.1, -0.05) is 6.07 Å².